The van der Waals surface area contributed by atoms with Gasteiger partial charge in [-0.05, 0) is 59.6 Å². The zero-order valence-electron chi connectivity index (χ0n) is 21.6. The van der Waals surface area contributed by atoms with E-state index in [0.717, 1.165) is 69.4 Å². The smallest absolute Gasteiger partial charge is 0.569 e. The Hall–Kier alpha value is -4.71. The van der Waals surface area contributed by atoms with Crippen molar-refractivity contribution >= 4 is 35.0 Å². The number of rotatable bonds is 4. The molecule has 40 heavy (non-hydrogen) atoms. The first-order valence-electron chi connectivity index (χ1n) is 13.5. The summed E-state index contributed by atoms with van der Waals surface area (Å²) >= 11 is 0. The molecule has 0 spiro atoms. The molecule has 0 saturated heterocycles. The Kier molecular flexibility index (Phi) is 5.96. The molecule has 6 heteroatoms. The number of hydrogen-bond donors (Lipinski definition) is 0. The minimum absolute atomic E-state index is 0.0881. The first-order chi connectivity index (χ1) is 19.6. The maximum absolute atomic E-state index is 14.6. The summed E-state index contributed by atoms with van der Waals surface area (Å²) in [5.41, 5.74) is 5.79. The lowest BCUT2D eigenvalue weighted by Gasteiger charge is -2.29. The van der Waals surface area contributed by atoms with Crippen molar-refractivity contribution in [2.75, 3.05) is 0 Å². The fraction of sp³-hybridized carbons (Fsp3) is 0.0882. The molecular weight excluding hydrogens is 505 g/mol. The molecule has 0 atom stereocenters. The number of carbonyl (C=O) groups excluding carboxylic acids is 1. The summed E-state index contributed by atoms with van der Waals surface area (Å²) in [7, 11) is -4.49. The van der Waals surface area contributed by atoms with Crippen molar-refractivity contribution in [3.05, 3.63) is 149 Å². The second-order valence-corrected chi connectivity index (χ2v) is 10.1. The molecule has 0 saturated carbocycles. The molecule has 0 radical (unpaired) electrons. The minimum atomic E-state index is -4.49. The highest BCUT2D eigenvalue weighted by Gasteiger charge is 2.53. The van der Waals surface area contributed by atoms with Gasteiger partial charge in [0.25, 0.3) is 5.78 Å². The van der Waals surface area contributed by atoms with Gasteiger partial charge >= 0.3 is 7.11 Å². The Morgan fingerprint density at radius 1 is 0.750 bits per heavy atom. The lowest BCUT2D eigenvalue weighted by atomic mass is 9.85. The van der Waals surface area contributed by atoms with Gasteiger partial charge in [-0.15, -0.1) is 0 Å². The number of benzene rings is 4. The Morgan fingerprint density at radius 3 is 2.27 bits per heavy atom. The van der Waals surface area contributed by atoms with E-state index in [0.29, 0.717) is 5.56 Å². The van der Waals surface area contributed by atoms with E-state index in [1.807, 2.05) is 78.9 Å². The topological polar surface area (TPSA) is 29.8 Å². The highest BCUT2D eigenvalue weighted by molar-refractivity contribution is 6.52. The van der Waals surface area contributed by atoms with Crippen molar-refractivity contribution in [3.8, 4) is 5.75 Å². The molecule has 0 amide bonds. The van der Waals surface area contributed by atoms with Crippen LogP contribution in [0, 0.1) is 0 Å². The number of fused-ring (bicyclic) bond motifs is 4. The number of halogens is 2. The SMILES string of the molecule is F[B-]1(F)Oc2ccc3ccccc3c2C(/C=C/C2=C3OC(c4ccccc4)=CC(c4ccccc4)=C3CCC2)=[O+]1. The first kappa shape index (κ1) is 24.3. The summed E-state index contributed by atoms with van der Waals surface area (Å²) in [5.74, 6) is 1.74. The van der Waals surface area contributed by atoms with Gasteiger partial charge in [-0.25, -0.2) is 0 Å². The Morgan fingerprint density at radius 2 is 1.48 bits per heavy atom. The van der Waals surface area contributed by atoms with E-state index >= 15 is 0 Å². The van der Waals surface area contributed by atoms with Gasteiger partial charge in [-0.1, -0.05) is 91.0 Å². The van der Waals surface area contributed by atoms with Crippen molar-refractivity contribution in [1.82, 2.24) is 0 Å². The van der Waals surface area contributed by atoms with Crippen LogP contribution in [0.25, 0.3) is 22.1 Å². The molecule has 0 aromatic heterocycles. The molecule has 0 N–H and O–H groups in total. The van der Waals surface area contributed by atoms with Crippen molar-refractivity contribution in [2.45, 2.75) is 19.3 Å². The Labute approximate surface area is 231 Å². The molecule has 3 nitrogen and oxygen atoms in total. The monoisotopic (exact) mass is 530 g/mol. The standard InChI is InChI=1S/C34H25BF2O3/c36-35(37)39-30-20-18-24-12-7-8-16-27(24)33(30)31(40-35)21-19-26-15-9-17-28-29(23-10-3-1-4-11-23)22-32(38-34(26)28)25-13-5-2-6-14-25/h1-8,10-14,16,18-22H,9,15,17H2/b21-19+. The quantitative estimate of drug-likeness (QED) is 0.150. The summed E-state index contributed by atoms with van der Waals surface area (Å²) in [6.07, 6.45) is 8.16. The van der Waals surface area contributed by atoms with Crippen LogP contribution in [-0.2, 0) is 4.74 Å². The van der Waals surface area contributed by atoms with Gasteiger partial charge in [0.1, 0.15) is 17.1 Å². The first-order valence-corrected chi connectivity index (χ1v) is 13.5. The van der Waals surface area contributed by atoms with E-state index < -0.39 is 7.11 Å². The van der Waals surface area contributed by atoms with E-state index in [1.54, 1.807) is 18.2 Å². The predicted molar refractivity (Wildman–Crippen MR) is 156 cm³/mol. The van der Waals surface area contributed by atoms with Gasteiger partial charge < -0.3 is 22.4 Å². The van der Waals surface area contributed by atoms with Gasteiger partial charge in [0, 0.05) is 22.6 Å². The zero-order chi connectivity index (χ0) is 27.1. The van der Waals surface area contributed by atoms with Gasteiger partial charge in [-0.2, -0.15) is 0 Å². The third kappa shape index (κ3) is 4.45. The van der Waals surface area contributed by atoms with Crippen LogP contribution in [-0.4, -0.2) is 12.9 Å². The van der Waals surface area contributed by atoms with Gasteiger partial charge in [0.05, 0.1) is 5.75 Å². The predicted octanol–water partition coefficient (Wildman–Crippen LogP) is 8.84. The lowest BCUT2D eigenvalue weighted by Crippen LogP contribution is -2.35. The molecule has 196 valence electrons. The van der Waals surface area contributed by atoms with Gasteiger partial charge in [0.2, 0.25) is 0 Å². The second kappa shape index (κ2) is 9.80. The van der Waals surface area contributed by atoms with Crippen molar-refractivity contribution in [3.63, 3.8) is 0 Å². The summed E-state index contributed by atoms with van der Waals surface area (Å²) < 4.78 is 45.8. The van der Waals surface area contributed by atoms with Crippen LogP contribution in [0.1, 0.15) is 40.3 Å². The minimum Gasteiger partial charge on any atom is -0.569 e. The van der Waals surface area contributed by atoms with Crippen LogP contribution in [0.15, 0.2) is 132 Å². The molecule has 1 aliphatic carbocycles. The van der Waals surface area contributed by atoms with Crippen molar-refractivity contribution in [2.24, 2.45) is 0 Å². The van der Waals surface area contributed by atoms with Gasteiger partial charge in [-0.3, -0.25) is 0 Å². The maximum atomic E-state index is 14.6. The number of hydrogen-bond acceptors (Lipinski definition) is 2. The fourth-order valence-electron chi connectivity index (χ4n) is 5.68. The second-order valence-electron chi connectivity index (χ2n) is 10.1. The summed E-state index contributed by atoms with van der Waals surface area (Å²) in [4.78, 5) is 0. The van der Waals surface area contributed by atoms with Crippen LogP contribution >= 0.6 is 0 Å². The molecule has 4 aromatic carbocycles. The summed E-state index contributed by atoms with van der Waals surface area (Å²) in [6.45, 7) is 0. The average molecular weight is 530 g/mol. The molecular formula is C34H25BF2O3. The van der Waals surface area contributed by atoms with Crippen LogP contribution < -0.4 is 4.65 Å². The lowest BCUT2D eigenvalue weighted by molar-refractivity contribution is -0.180. The molecule has 2 aliphatic heterocycles. The van der Waals surface area contributed by atoms with Crippen molar-refractivity contribution < 1.29 is 22.4 Å². The molecule has 3 aliphatic rings. The van der Waals surface area contributed by atoms with E-state index in [2.05, 4.69) is 18.2 Å². The molecule has 0 bridgehead atoms. The zero-order valence-corrected chi connectivity index (χ0v) is 21.6. The van der Waals surface area contributed by atoms with Crippen LogP contribution in [0.5, 0.6) is 5.75 Å². The van der Waals surface area contributed by atoms with Crippen LogP contribution in [0.4, 0.5) is 8.63 Å². The van der Waals surface area contributed by atoms with Crippen LogP contribution in [0.3, 0.4) is 0 Å². The molecule has 4 aromatic rings. The molecule has 0 fully saturated rings. The van der Waals surface area contributed by atoms with Gasteiger partial charge in [0.15, 0.2) is 0 Å². The summed E-state index contributed by atoms with van der Waals surface area (Å²) in [6, 6.07) is 31.3. The van der Waals surface area contributed by atoms with E-state index in [-0.39, 0.29) is 11.5 Å². The molecule has 2 heterocycles. The summed E-state index contributed by atoms with van der Waals surface area (Å²) in [5, 5.41) is 1.71. The average Bonchev–Trinajstić information content (AvgIpc) is 2.99. The van der Waals surface area contributed by atoms with E-state index in [1.165, 1.54) is 0 Å². The number of ketones is 1. The Bertz CT molecular complexity index is 1780. The third-order valence-corrected chi connectivity index (χ3v) is 7.50. The maximum Gasteiger partial charge on any atom is 0.995 e. The number of ether oxygens (including phenoxy) is 1. The fourth-order valence-corrected chi connectivity index (χ4v) is 5.68. The highest BCUT2D eigenvalue weighted by Crippen LogP contribution is 2.44. The third-order valence-electron chi connectivity index (χ3n) is 7.50. The molecule has 0 unspecified atom stereocenters. The molecule has 7 rings (SSSR count). The van der Waals surface area contributed by atoms with E-state index in [9.17, 15) is 8.63 Å². The highest BCUT2D eigenvalue weighted by atomic mass is 19.3. The van der Waals surface area contributed by atoms with Crippen molar-refractivity contribution in [1.29, 1.82) is 0 Å². The van der Waals surface area contributed by atoms with E-state index in [4.69, 9.17) is 13.7 Å². The largest absolute Gasteiger partial charge is 0.995 e. The van der Waals surface area contributed by atoms with Crippen LogP contribution in [0.2, 0.25) is 0 Å². The Balaban J connectivity index is 1.37. The normalized spacial score (nSPS) is 18.1. The number of allylic oxidation sites excluding steroid dienone is 6.